The summed E-state index contributed by atoms with van der Waals surface area (Å²) in [5.74, 6) is 0.838. The fourth-order valence-electron chi connectivity index (χ4n) is 2.50. The van der Waals surface area contributed by atoms with Crippen LogP contribution in [0, 0.1) is 10.1 Å². The van der Waals surface area contributed by atoms with E-state index in [1.54, 1.807) is 24.3 Å². The second-order valence-electron chi connectivity index (χ2n) is 5.92. The minimum absolute atomic E-state index is 0.00104. The van der Waals surface area contributed by atoms with Crippen LogP contribution in [0.2, 0.25) is 5.02 Å². The zero-order valence-corrected chi connectivity index (χ0v) is 16.0. The van der Waals surface area contributed by atoms with Gasteiger partial charge in [0.25, 0.3) is 11.6 Å². The molecule has 0 bridgehead atoms. The van der Waals surface area contributed by atoms with Crippen molar-refractivity contribution < 1.29 is 19.2 Å². The van der Waals surface area contributed by atoms with Gasteiger partial charge in [-0.1, -0.05) is 35.9 Å². The molecule has 0 unspecified atom stereocenters. The van der Waals surface area contributed by atoms with E-state index in [-0.39, 0.29) is 16.4 Å². The van der Waals surface area contributed by atoms with E-state index >= 15 is 0 Å². The lowest BCUT2D eigenvalue weighted by Gasteiger charge is -2.10. The smallest absolute Gasteiger partial charge is 0.289 e. The number of para-hydroxylation sites is 1. The predicted octanol–water partition coefficient (Wildman–Crippen LogP) is 4.96. The molecule has 3 rings (SSSR count). The molecule has 0 spiro atoms. The summed E-state index contributed by atoms with van der Waals surface area (Å²) in [6.07, 6.45) is 0. The summed E-state index contributed by atoms with van der Waals surface area (Å²) in [6, 6.07) is 20.1. The Morgan fingerprint density at radius 1 is 0.931 bits per heavy atom. The molecule has 0 saturated carbocycles. The second kappa shape index (κ2) is 9.57. The van der Waals surface area contributed by atoms with Gasteiger partial charge in [-0.2, -0.15) is 0 Å². The topological polar surface area (TPSA) is 90.7 Å². The van der Waals surface area contributed by atoms with E-state index in [9.17, 15) is 14.9 Å². The summed E-state index contributed by atoms with van der Waals surface area (Å²) in [4.78, 5) is 22.8. The van der Waals surface area contributed by atoms with Crippen LogP contribution in [0.15, 0.2) is 72.8 Å². The Bertz CT molecular complexity index is 1010. The number of benzene rings is 3. The number of nitrogens with one attached hydrogen (secondary N) is 1. The highest BCUT2D eigenvalue weighted by Gasteiger charge is 2.15. The van der Waals surface area contributed by atoms with Crippen molar-refractivity contribution in [2.45, 2.75) is 0 Å². The second-order valence-corrected chi connectivity index (χ2v) is 6.32. The average Bonchev–Trinajstić information content (AvgIpc) is 2.73. The Kier molecular flexibility index (Phi) is 6.65. The van der Waals surface area contributed by atoms with Gasteiger partial charge in [-0.05, 0) is 42.5 Å². The van der Waals surface area contributed by atoms with E-state index in [1.165, 1.54) is 18.2 Å². The monoisotopic (exact) mass is 412 g/mol. The SMILES string of the molecule is O=C(Nc1ccc(Cl)c([N+](=O)[O-])c1)c1cccc(OCCOc2ccccc2)c1. The Morgan fingerprint density at radius 2 is 1.62 bits per heavy atom. The van der Waals surface area contributed by atoms with E-state index in [4.69, 9.17) is 21.1 Å². The number of nitro benzene ring substituents is 1. The quantitative estimate of drug-likeness (QED) is 0.321. The van der Waals surface area contributed by atoms with Crippen molar-refractivity contribution in [1.29, 1.82) is 0 Å². The molecule has 148 valence electrons. The number of hydrogen-bond acceptors (Lipinski definition) is 5. The van der Waals surface area contributed by atoms with E-state index < -0.39 is 10.8 Å². The third kappa shape index (κ3) is 5.70. The van der Waals surface area contributed by atoms with Gasteiger partial charge in [-0.3, -0.25) is 14.9 Å². The molecule has 0 fully saturated rings. The lowest BCUT2D eigenvalue weighted by Crippen LogP contribution is -2.13. The Balaban J connectivity index is 1.58. The molecule has 3 aromatic carbocycles. The fourth-order valence-corrected chi connectivity index (χ4v) is 2.68. The van der Waals surface area contributed by atoms with Gasteiger partial charge in [0.05, 0.1) is 4.92 Å². The molecular weight excluding hydrogens is 396 g/mol. The summed E-state index contributed by atoms with van der Waals surface area (Å²) in [6.45, 7) is 0.665. The zero-order chi connectivity index (χ0) is 20.6. The van der Waals surface area contributed by atoms with Crippen LogP contribution < -0.4 is 14.8 Å². The number of rotatable bonds is 8. The zero-order valence-electron chi connectivity index (χ0n) is 15.2. The van der Waals surface area contributed by atoms with E-state index in [1.807, 2.05) is 30.3 Å². The van der Waals surface area contributed by atoms with Gasteiger partial charge in [-0.25, -0.2) is 0 Å². The van der Waals surface area contributed by atoms with E-state index in [0.717, 1.165) is 5.75 Å². The Labute approximate surface area is 172 Å². The summed E-state index contributed by atoms with van der Waals surface area (Å²) >= 11 is 5.78. The Morgan fingerprint density at radius 3 is 2.34 bits per heavy atom. The van der Waals surface area contributed by atoms with Crippen molar-refractivity contribution in [1.82, 2.24) is 0 Å². The number of nitrogens with zero attached hydrogens (tertiary/aromatic N) is 1. The first kappa shape index (κ1) is 20.2. The van der Waals surface area contributed by atoms with Gasteiger partial charge in [0.1, 0.15) is 29.7 Å². The number of amides is 1. The molecule has 3 aromatic rings. The fraction of sp³-hybridized carbons (Fsp3) is 0.0952. The van der Waals surface area contributed by atoms with Crippen molar-refractivity contribution in [2.24, 2.45) is 0 Å². The highest BCUT2D eigenvalue weighted by atomic mass is 35.5. The molecule has 0 aliphatic carbocycles. The number of carbonyl (C=O) groups excluding carboxylic acids is 1. The lowest BCUT2D eigenvalue weighted by atomic mass is 10.2. The van der Waals surface area contributed by atoms with Crippen LogP contribution in [0.5, 0.6) is 11.5 Å². The summed E-state index contributed by atoms with van der Waals surface area (Å²) in [7, 11) is 0. The van der Waals surface area contributed by atoms with Gasteiger partial charge in [-0.15, -0.1) is 0 Å². The Hall–Kier alpha value is -3.58. The molecule has 0 aliphatic heterocycles. The normalized spacial score (nSPS) is 10.2. The van der Waals surface area contributed by atoms with Gasteiger partial charge in [0.2, 0.25) is 0 Å². The largest absolute Gasteiger partial charge is 0.490 e. The summed E-state index contributed by atoms with van der Waals surface area (Å²) < 4.78 is 11.2. The molecule has 1 amide bonds. The van der Waals surface area contributed by atoms with E-state index in [0.29, 0.717) is 24.5 Å². The average molecular weight is 413 g/mol. The molecule has 0 radical (unpaired) electrons. The number of hydrogen-bond donors (Lipinski definition) is 1. The van der Waals surface area contributed by atoms with E-state index in [2.05, 4.69) is 5.32 Å². The molecule has 0 heterocycles. The molecule has 29 heavy (non-hydrogen) atoms. The van der Waals surface area contributed by atoms with Crippen LogP contribution in [-0.2, 0) is 0 Å². The van der Waals surface area contributed by atoms with Crippen molar-refractivity contribution in [3.8, 4) is 11.5 Å². The third-order valence-corrected chi connectivity index (χ3v) is 4.18. The van der Waals surface area contributed by atoms with Crippen LogP contribution in [-0.4, -0.2) is 24.0 Å². The van der Waals surface area contributed by atoms with Gasteiger partial charge in [0.15, 0.2) is 0 Å². The van der Waals surface area contributed by atoms with Gasteiger partial charge < -0.3 is 14.8 Å². The molecule has 7 nitrogen and oxygen atoms in total. The molecule has 0 atom stereocenters. The summed E-state index contributed by atoms with van der Waals surface area (Å²) in [5, 5.41) is 13.6. The minimum atomic E-state index is -0.607. The predicted molar refractivity (Wildman–Crippen MR) is 110 cm³/mol. The number of anilines is 1. The highest BCUT2D eigenvalue weighted by Crippen LogP contribution is 2.27. The van der Waals surface area contributed by atoms with Gasteiger partial charge in [0, 0.05) is 17.3 Å². The summed E-state index contributed by atoms with van der Waals surface area (Å²) in [5.41, 5.74) is 0.345. The standard InChI is InChI=1S/C21H17ClN2O5/c22-19-10-9-16(14-20(19)24(26)27)23-21(25)15-5-4-8-18(13-15)29-12-11-28-17-6-2-1-3-7-17/h1-10,13-14H,11-12H2,(H,23,25). The van der Waals surface area contributed by atoms with Crippen molar-refractivity contribution in [3.63, 3.8) is 0 Å². The number of carbonyl (C=O) groups is 1. The van der Waals surface area contributed by atoms with Crippen molar-refractivity contribution in [2.75, 3.05) is 18.5 Å². The van der Waals surface area contributed by atoms with Crippen LogP contribution in [0.1, 0.15) is 10.4 Å². The first-order chi connectivity index (χ1) is 14.0. The van der Waals surface area contributed by atoms with Crippen molar-refractivity contribution in [3.05, 3.63) is 93.5 Å². The van der Waals surface area contributed by atoms with Crippen LogP contribution >= 0.6 is 11.6 Å². The molecule has 0 aliphatic rings. The van der Waals surface area contributed by atoms with Crippen LogP contribution in [0.25, 0.3) is 0 Å². The first-order valence-electron chi connectivity index (χ1n) is 8.69. The lowest BCUT2D eigenvalue weighted by molar-refractivity contribution is -0.384. The highest BCUT2D eigenvalue weighted by molar-refractivity contribution is 6.32. The number of ether oxygens (including phenoxy) is 2. The number of halogens is 1. The maximum Gasteiger partial charge on any atom is 0.289 e. The van der Waals surface area contributed by atoms with Crippen molar-refractivity contribution >= 4 is 28.9 Å². The molecule has 0 aromatic heterocycles. The number of nitro groups is 1. The molecule has 1 N–H and O–H groups in total. The molecule has 0 saturated heterocycles. The maximum absolute atomic E-state index is 12.5. The maximum atomic E-state index is 12.5. The minimum Gasteiger partial charge on any atom is -0.490 e. The third-order valence-electron chi connectivity index (χ3n) is 3.86. The molecular formula is C21H17ClN2O5. The molecule has 8 heteroatoms. The van der Waals surface area contributed by atoms with Crippen LogP contribution in [0.4, 0.5) is 11.4 Å². The first-order valence-corrected chi connectivity index (χ1v) is 9.07. The van der Waals surface area contributed by atoms with Gasteiger partial charge >= 0.3 is 0 Å². The van der Waals surface area contributed by atoms with Crippen LogP contribution in [0.3, 0.4) is 0 Å².